The molecule has 0 spiro atoms. The first-order valence-corrected chi connectivity index (χ1v) is 6.51. The molecule has 0 amide bonds. The molecule has 84 valence electrons. The Morgan fingerprint density at radius 1 is 0.933 bits per heavy atom. The van der Waals surface area contributed by atoms with Gasteiger partial charge in [0.05, 0.1) is 10.0 Å². The van der Waals surface area contributed by atoms with Crippen molar-refractivity contribution in [2.75, 3.05) is 0 Å². The third-order valence-corrected chi connectivity index (χ3v) is 4.12. The van der Waals surface area contributed by atoms with E-state index in [-0.39, 0.29) is 0 Å². The fourth-order valence-electron chi connectivity index (χ4n) is 0.807. The van der Waals surface area contributed by atoms with Gasteiger partial charge in [-0.25, -0.2) is 8.42 Å². The van der Waals surface area contributed by atoms with E-state index in [1.54, 1.807) is 0 Å². The third kappa shape index (κ3) is 3.05. The van der Waals surface area contributed by atoms with Crippen LogP contribution in [0, 0.1) is 0 Å². The zero-order valence-corrected chi connectivity index (χ0v) is 11.5. The van der Waals surface area contributed by atoms with Gasteiger partial charge in [0.15, 0.2) is 10.7 Å². The van der Waals surface area contributed by atoms with E-state index in [0.717, 1.165) is 21.2 Å². The van der Waals surface area contributed by atoms with E-state index in [9.17, 15) is 8.42 Å². The molecule has 0 atom stereocenters. The number of benzene rings is 1. The standard InChI is InChI=1S/C6H2Cl2.CHCl3O2S/c7-5-3-1-2-4(3)6(5)8;2-1(3,4)7(5)6/h1-2H;7H. The molecule has 2 rings (SSSR count). The summed E-state index contributed by atoms with van der Waals surface area (Å²) in [4.78, 5) is 0. The van der Waals surface area contributed by atoms with Gasteiger partial charge in [-0.1, -0.05) is 70.1 Å². The number of hydrogen-bond donors (Lipinski definition) is 1. The van der Waals surface area contributed by atoms with Gasteiger partial charge in [-0.15, -0.1) is 0 Å². The van der Waals surface area contributed by atoms with Gasteiger partial charge in [-0.3, -0.25) is 0 Å². The molecular weight excluding hydrogens is 325 g/mol. The number of fused-ring (bicyclic) bond motifs is 1. The van der Waals surface area contributed by atoms with Crippen LogP contribution in [-0.2, 0) is 10.7 Å². The van der Waals surface area contributed by atoms with E-state index < -0.39 is 13.8 Å². The Balaban J connectivity index is 0.000000153. The molecule has 2 aliphatic carbocycles. The molecule has 0 saturated carbocycles. The Kier molecular flexibility index (Phi) is 4.43. The van der Waals surface area contributed by atoms with Crippen LogP contribution in [0.1, 0.15) is 0 Å². The first-order valence-electron chi connectivity index (χ1n) is 3.44. The minimum atomic E-state index is -2.95. The molecule has 0 heterocycles. The second-order valence-corrected chi connectivity index (χ2v) is 7.53. The van der Waals surface area contributed by atoms with Gasteiger partial charge in [0.1, 0.15) is 0 Å². The molecular formula is C7H3Cl5O2S. The fourth-order valence-corrected chi connectivity index (χ4v) is 1.34. The van der Waals surface area contributed by atoms with Crippen molar-refractivity contribution in [3.05, 3.63) is 22.2 Å². The quantitative estimate of drug-likeness (QED) is 0.588. The zero-order valence-electron chi connectivity index (χ0n) is 6.81. The minimum absolute atomic E-state index is 0.726. The molecule has 2 aliphatic rings. The molecule has 0 aromatic rings. The lowest BCUT2D eigenvalue weighted by Crippen LogP contribution is -2.02. The van der Waals surface area contributed by atoms with Crippen LogP contribution in [0.4, 0.5) is 0 Å². The zero-order chi connectivity index (χ0) is 11.8. The molecule has 0 aromatic carbocycles. The van der Waals surface area contributed by atoms with E-state index >= 15 is 0 Å². The van der Waals surface area contributed by atoms with E-state index in [0.29, 0.717) is 0 Å². The molecule has 0 N–H and O–H groups in total. The fraction of sp³-hybridized carbons (Fsp3) is 0.143. The summed E-state index contributed by atoms with van der Waals surface area (Å²) in [5, 5.41) is 1.45. The normalized spacial score (nSPS) is 12.1. The van der Waals surface area contributed by atoms with Gasteiger partial charge in [0, 0.05) is 11.1 Å². The van der Waals surface area contributed by atoms with E-state index in [1.807, 2.05) is 12.1 Å². The number of alkyl halides is 3. The molecule has 15 heavy (non-hydrogen) atoms. The topological polar surface area (TPSA) is 34.1 Å². The second kappa shape index (κ2) is 4.86. The predicted molar refractivity (Wildman–Crippen MR) is 66.1 cm³/mol. The predicted octanol–water partition coefficient (Wildman–Crippen LogP) is 3.90. The van der Waals surface area contributed by atoms with Crippen LogP contribution in [-0.4, -0.2) is 11.5 Å². The minimum Gasteiger partial charge on any atom is -0.227 e. The molecule has 0 unspecified atom stereocenters. The maximum atomic E-state index is 9.66. The number of thiol groups is 1. The van der Waals surface area contributed by atoms with Crippen molar-refractivity contribution in [1.82, 2.24) is 0 Å². The van der Waals surface area contributed by atoms with Crippen LogP contribution in [0.25, 0.3) is 11.1 Å². The van der Waals surface area contributed by atoms with Gasteiger partial charge >= 0.3 is 0 Å². The summed E-state index contributed by atoms with van der Waals surface area (Å²) in [5.74, 6) is 0. The average molecular weight is 328 g/mol. The molecule has 0 aromatic heterocycles. The Labute approximate surface area is 113 Å². The highest BCUT2D eigenvalue weighted by Crippen LogP contribution is 2.49. The van der Waals surface area contributed by atoms with E-state index in [1.165, 1.54) is 0 Å². The van der Waals surface area contributed by atoms with Gasteiger partial charge < -0.3 is 0 Å². The highest BCUT2D eigenvalue weighted by atomic mass is 35.6. The maximum absolute atomic E-state index is 9.66. The van der Waals surface area contributed by atoms with Crippen molar-refractivity contribution in [3.63, 3.8) is 0 Å². The Morgan fingerprint density at radius 2 is 1.20 bits per heavy atom. The SMILES string of the molecule is Clc1c2ccc-2c1Cl.O=[SH](=O)C(Cl)(Cl)Cl. The number of hydrogen-bond acceptors (Lipinski definition) is 2. The molecule has 0 radical (unpaired) electrons. The third-order valence-electron chi connectivity index (χ3n) is 1.58. The average Bonchev–Trinajstić information content (AvgIpc) is 2.01. The van der Waals surface area contributed by atoms with E-state index in [4.69, 9.17) is 58.0 Å². The molecule has 0 bridgehead atoms. The monoisotopic (exact) mass is 326 g/mol. The second-order valence-electron chi connectivity index (χ2n) is 2.51. The van der Waals surface area contributed by atoms with Crippen LogP contribution in [0.2, 0.25) is 10.0 Å². The maximum Gasteiger partial charge on any atom is 0.289 e. The van der Waals surface area contributed by atoms with Crippen molar-refractivity contribution >= 4 is 68.7 Å². The molecule has 0 fully saturated rings. The summed E-state index contributed by atoms with van der Waals surface area (Å²) in [5.41, 5.74) is 2.24. The summed E-state index contributed by atoms with van der Waals surface area (Å²) in [7, 11) is -2.95. The molecule has 0 aliphatic heterocycles. The van der Waals surface area contributed by atoms with Crippen LogP contribution < -0.4 is 0 Å². The van der Waals surface area contributed by atoms with Crippen LogP contribution in [0.5, 0.6) is 0 Å². The molecule has 8 heteroatoms. The van der Waals surface area contributed by atoms with Gasteiger partial charge in [-0.2, -0.15) is 0 Å². The van der Waals surface area contributed by atoms with Crippen LogP contribution >= 0.6 is 58.0 Å². The highest BCUT2D eigenvalue weighted by Gasteiger charge is 2.22. The largest absolute Gasteiger partial charge is 0.289 e. The van der Waals surface area contributed by atoms with Crippen molar-refractivity contribution in [2.45, 2.75) is 3.12 Å². The van der Waals surface area contributed by atoms with Crippen LogP contribution in [0.15, 0.2) is 12.1 Å². The smallest absolute Gasteiger partial charge is 0.227 e. The summed E-state index contributed by atoms with van der Waals surface area (Å²) in [6, 6.07) is 3.92. The van der Waals surface area contributed by atoms with Crippen molar-refractivity contribution in [1.29, 1.82) is 0 Å². The van der Waals surface area contributed by atoms with Gasteiger partial charge in [-0.05, 0) is 0 Å². The Hall–Kier alpha value is 0.620. The Morgan fingerprint density at radius 3 is 1.27 bits per heavy atom. The summed E-state index contributed by atoms with van der Waals surface area (Å²) in [6.45, 7) is 0. The van der Waals surface area contributed by atoms with Crippen molar-refractivity contribution in [3.8, 4) is 11.1 Å². The highest BCUT2D eigenvalue weighted by molar-refractivity contribution is 7.79. The number of halogens is 5. The molecule has 0 saturated heterocycles. The van der Waals surface area contributed by atoms with E-state index in [2.05, 4.69) is 0 Å². The first kappa shape index (κ1) is 13.7. The summed E-state index contributed by atoms with van der Waals surface area (Å²) in [6.07, 6.45) is 0. The first-order chi connectivity index (χ1) is 6.75. The number of rotatable bonds is 0. The van der Waals surface area contributed by atoms with Gasteiger partial charge in [0.2, 0.25) is 0 Å². The lowest BCUT2D eigenvalue weighted by atomic mass is 9.94. The van der Waals surface area contributed by atoms with Crippen molar-refractivity contribution < 1.29 is 8.42 Å². The van der Waals surface area contributed by atoms with Gasteiger partial charge in [0.25, 0.3) is 3.12 Å². The lowest BCUT2D eigenvalue weighted by Gasteiger charge is -2.19. The Bertz CT molecular complexity index is 428. The summed E-state index contributed by atoms with van der Waals surface area (Å²) < 4.78 is 17.2. The van der Waals surface area contributed by atoms with Crippen LogP contribution in [0.3, 0.4) is 0 Å². The van der Waals surface area contributed by atoms with Crippen molar-refractivity contribution in [2.24, 2.45) is 0 Å². The molecule has 2 nitrogen and oxygen atoms in total. The summed E-state index contributed by atoms with van der Waals surface area (Å²) >= 11 is 25.7. The lowest BCUT2D eigenvalue weighted by molar-refractivity contribution is 0.615.